The summed E-state index contributed by atoms with van der Waals surface area (Å²) in [5.74, 6) is 0. The first kappa shape index (κ1) is 30.8. The molecule has 2 aromatic heterocycles. The van der Waals surface area contributed by atoms with Gasteiger partial charge in [0, 0.05) is 43.9 Å². The molecule has 3 heteroatoms. The van der Waals surface area contributed by atoms with Crippen LogP contribution < -0.4 is 4.90 Å². The van der Waals surface area contributed by atoms with E-state index in [2.05, 4.69) is 176 Å². The predicted octanol–water partition coefficient (Wildman–Crippen LogP) is 14.6. The summed E-state index contributed by atoms with van der Waals surface area (Å²) in [4.78, 5) is 2.37. The summed E-state index contributed by atoms with van der Waals surface area (Å²) in [6.07, 6.45) is 0. The minimum atomic E-state index is -0.133. The second-order valence-corrected chi connectivity index (χ2v) is 14.9. The van der Waals surface area contributed by atoms with Crippen LogP contribution >= 0.6 is 0 Å². The van der Waals surface area contributed by atoms with Crippen LogP contribution in [0.4, 0.5) is 17.1 Å². The predicted molar refractivity (Wildman–Crippen MR) is 224 cm³/mol. The molecule has 0 fully saturated rings. The topological polar surface area (TPSA) is 29.5 Å². The highest BCUT2D eigenvalue weighted by molar-refractivity contribution is 6.27. The van der Waals surface area contributed by atoms with Crippen molar-refractivity contribution in [1.82, 2.24) is 0 Å². The van der Waals surface area contributed by atoms with Gasteiger partial charge in [-0.2, -0.15) is 0 Å². The van der Waals surface area contributed by atoms with Crippen LogP contribution in [0.2, 0.25) is 0 Å². The number of rotatable bonds is 5. The number of furan rings is 2. The van der Waals surface area contributed by atoms with Crippen molar-refractivity contribution in [1.29, 1.82) is 0 Å². The minimum absolute atomic E-state index is 0.133. The van der Waals surface area contributed by atoms with E-state index < -0.39 is 0 Å². The number of para-hydroxylation sites is 2. The molecule has 1 aliphatic rings. The summed E-state index contributed by atoms with van der Waals surface area (Å²) in [6, 6.07) is 62.8. The number of anilines is 3. The molecule has 0 saturated carbocycles. The van der Waals surface area contributed by atoms with E-state index in [4.69, 9.17) is 8.83 Å². The molecule has 0 spiro atoms. The summed E-state index contributed by atoms with van der Waals surface area (Å²) < 4.78 is 13.5. The van der Waals surface area contributed by atoms with Crippen LogP contribution in [0, 0.1) is 0 Å². The zero-order valence-corrected chi connectivity index (χ0v) is 30.0. The Morgan fingerprint density at radius 2 is 1.00 bits per heavy atom. The van der Waals surface area contributed by atoms with Gasteiger partial charge in [0.05, 0.1) is 5.69 Å². The van der Waals surface area contributed by atoms with E-state index in [0.717, 1.165) is 72.1 Å². The van der Waals surface area contributed by atoms with Gasteiger partial charge in [0.2, 0.25) is 0 Å². The van der Waals surface area contributed by atoms with Crippen LogP contribution in [-0.2, 0) is 5.41 Å². The van der Waals surface area contributed by atoms with E-state index in [-0.39, 0.29) is 5.41 Å². The first-order valence-corrected chi connectivity index (χ1v) is 18.6. The van der Waals surface area contributed by atoms with Crippen LogP contribution in [0.3, 0.4) is 0 Å². The SMILES string of the molecule is CC1(C)c2ccccc2-c2ccc(-c3ccc4c(oc5ccc6oc7ccccc7c6c54)c3N(c3ccccc3)c3ccc(-c4ccccc4)cc3)cc21. The Balaban J connectivity index is 1.22. The maximum Gasteiger partial charge on any atom is 0.160 e. The Kier molecular flexibility index (Phi) is 6.60. The third kappa shape index (κ3) is 4.48. The molecular formula is C51H35NO2. The van der Waals surface area contributed by atoms with E-state index in [1.165, 1.54) is 33.4 Å². The van der Waals surface area contributed by atoms with Crippen molar-refractivity contribution in [3.8, 4) is 33.4 Å². The van der Waals surface area contributed by atoms with Gasteiger partial charge in [-0.1, -0.05) is 135 Å². The average Bonchev–Trinajstić information content (AvgIpc) is 3.87. The summed E-state index contributed by atoms with van der Waals surface area (Å²) in [7, 11) is 0. The summed E-state index contributed by atoms with van der Waals surface area (Å²) >= 11 is 0. The van der Waals surface area contributed by atoms with Gasteiger partial charge in [0.15, 0.2) is 5.58 Å². The molecule has 0 saturated heterocycles. The molecule has 10 aromatic rings. The van der Waals surface area contributed by atoms with Crippen molar-refractivity contribution in [2.75, 3.05) is 4.90 Å². The lowest BCUT2D eigenvalue weighted by atomic mass is 9.81. The fourth-order valence-corrected chi connectivity index (χ4v) is 8.88. The van der Waals surface area contributed by atoms with Crippen molar-refractivity contribution >= 4 is 60.9 Å². The highest BCUT2D eigenvalue weighted by Crippen LogP contribution is 2.53. The van der Waals surface area contributed by atoms with Gasteiger partial charge in [-0.25, -0.2) is 0 Å². The van der Waals surface area contributed by atoms with E-state index >= 15 is 0 Å². The van der Waals surface area contributed by atoms with Gasteiger partial charge < -0.3 is 13.7 Å². The van der Waals surface area contributed by atoms with Gasteiger partial charge in [-0.05, 0) is 93.5 Å². The molecular weight excluding hydrogens is 659 g/mol. The smallest absolute Gasteiger partial charge is 0.160 e. The Morgan fingerprint density at radius 1 is 0.407 bits per heavy atom. The zero-order valence-electron chi connectivity index (χ0n) is 30.0. The number of nitrogens with zero attached hydrogens (tertiary/aromatic N) is 1. The van der Waals surface area contributed by atoms with Gasteiger partial charge in [0.1, 0.15) is 16.7 Å². The molecule has 0 aliphatic heterocycles. The molecule has 0 bridgehead atoms. The van der Waals surface area contributed by atoms with Crippen molar-refractivity contribution in [3.63, 3.8) is 0 Å². The van der Waals surface area contributed by atoms with E-state index in [1.807, 2.05) is 18.2 Å². The fraction of sp³-hybridized carbons (Fsp3) is 0.0588. The number of hydrogen-bond acceptors (Lipinski definition) is 3. The molecule has 0 unspecified atom stereocenters. The fourth-order valence-electron chi connectivity index (χ4n) is 8.88. The summed E-state index contributed by atoms with van der Waals surface area (Å²) in [5, 5.41) is 4.29. The largest absolute Gasteiger partial charge is 0.456 e. The molecule has 8 aromatic carbocycles. The van der Waals surface area contributed by atoms with E-state index in [9.17, 15) is 0 Å². The zero-order chi connectivity index (χ0) is 36.0. The van der Waals surface area contributed by atoms with Crippen molar-refractivity contribution in [2.45, 2.75) is 19.3 Å². The molecule has 0 radical (unpaired) electrons. The molecule has 0 amide bonds. The molecule has 0 atom stereocenters. The normalized spacial score (nSPS) is 13.1. The molecule has 0 N–H and O–H groups in total. The summed E-state index contributed by atoms with van der Waals surface area (Å²) in [5.41, 5.74) is 16.3. The Labute approximate surface area is 313 Å². The van der Waals surface area contributed by atoms with Crippen molar-refractivity contribution in [2.24, 2.45) is 0 Å². The molecule has 256 valence electrons. The molecule has 1 aliphatic carbocycles. The van der Waals surface area contributed by atoms with Crippen LogP contribution in [0.1, 0.15) is 25.0 Å². The van der Waals surface area contributed by atoms with E-state index in [0.29, 0.717) is 0 Å². The maximum atomic E-state index is 7.09. The first-order valence-electron chi connectivity index (χ1n) is 18.6. The minimum Gasteiger partial charge on any atom is -0.456 e. The second kappa shape index (κ2) is 11.6. The number of benzene rings is 8. The lowest BCUT2D eigenvalue weighted by molar-refractivity contribution is 0.660. The van der Waals surface area contributed by atoms with Crippen LogP contribution in [-0.4, -0.2) is 0 Å². The third-order valence-electron chi connectivity index (χ3n) is 11.5. The second-order valence-electron chi connectivity index (χ2n) is 14.9. The van der Waals surface area contributed by atoms with Gasteiger partial charge in [-0.3, -0.25) is 0 Å². The maximum absolute atomic E-state index is 7.09. The van der Waals surface area contributed by atoms with Gasteiger partial charge >= 0.3 is 0 Å². The molecule has 2 heterocycles. The lowest BCUT2D eigenvalue weighted by Gasteiger charge is -2.28. The molecule has 11 rings (SSSR count). The standard InChI is InChI=1S/C51H35NO2/c1-51(2)42-19-11-9-17-38(42)39-26-23-34(31-43(39)51)37-27-28-41-48-46(30-29-45-47(48)40-18-10-12-20-44(40)53-45)54-50(41)49(37)52(35-15-7-4-8-16-35)36-24-21-33(22-25-36)32-13-5-3-6-14-32/h3-31H,1-2H3. The Hall–Kier alpha value is -6.84. The lowest BCUT2D eigenvalue weighted by Crippen LogP contribution is -2.15. The highest BCUT2D eigenvalue weighted by Gasteiger charge is 2.36. The van der Waals surface area contributed by atoms with Crippen molar-refractivity contribution < 1.29 is 8.83 Å². The molecule has 3 nitrogen and oxygen atoms in total. The van der Waals surface area contributed by atoms with Gasteiger partial charge in [-0.15, -0.1) is 0 Å². The van der Waals surface area contributed by atoms with Gasteiger partial charge in [0.25, 0.3) is 0 Å². The Bertz CT molecular complexity index is 3060. The molecule has 54 heavy (non-hydrogen) atoms. The number of hydrogen-bond donors (Lipinski definition) is 0. The Morgan fingerprint density at radius 3 is 1.81 bits per heavy atom. The first-order chi connectivity index (χ1) is 26.5. The highest BCUT2D eigenvalue weighted by atomic mass is 16.3. The summed E-state index contributed by atoms with van der Waals surface area (Å²) in [6.45, 7) is 4.69. The van der Waals surface area contributed by atoms with Crippen LogP contribution in [0.15, 0.2) is 185 Å². The quantitative estimate of drug-likeness (QED) is 0.180. The number of fused-ring (bicyclic) bond motifs is 10. The third-order valence-corrected chi connectivity index (χ3v) is 11.5. The van der Waals surface area contributed by atoms with Crippen molar-refractivity contribution in [3.05, 3.63) is 187 Å². The average molecular weight is 694 g/mol. The van der Waals surface area contributed by atoms with Crippen LogP contribution in [0.25, 0.3) is 77.3 Å². The van der Waals surface area contributed by atoms with Crippen LogP contribution in [0.5, 0.6) is 0 Å². The van der Waals surface area contributed by atoms with E-state index in [1.54, 1.807) is 0 Å². The monoisotopic (exact) mass is 693 g/mol.